The molecule has 1 aromatic rings. The third-order valence-corrected chi connectivity index (χ3v) is 4.11. The van der Waals surface area contributed by atoms with Crippen molar-refractivity contribution in [2.75, 3.05) is 6.61 Å². The van der Waals surface area contributed by atoms with Crippen LogP contribution in [-0.2, 0) is 11.5 Å². The monoisotopic (exact) mass is 336 g/mol. The molecule has 1 aromatic heterocycles. The Labute approximate surface area is 104 Å². The fourth-order valence-corrected chi connectivity index (χ4v) is 1.70. The highest BCUT2D eigenvalue weighted by molar-refractivity contribution is 9.13. The van der Waals surface area contributed by atoms with Gasteiger partial charge in [-0.3, -0.25) is 4.79 Å². The molecule has 0 spiro atoms. The van der Waals surface area contributed by atoms with E-state index < -0.39 is 0 Å². The van der Waals surface area contributed by atoms with E-state index in [0.29, 0.717) is 14.9 Å². The summed E-state index contributed by atoms with van der Waals surface area (Å²) in [5, 5.41) is 3.96. The second kappa shape index (κ2) is 4.76. The van der Waals surface area contributed by atoms with E-state index in [9.17, 15) is 4.79 Å². The number of rotatable bonds is 4. The van der Waals surface area contributed by atoms with Crippen molar-refractivity contribution in [3.05, 3.63) is 25.5 Å². The molecule has 15 heavy (non-hydrogen) atoms. The average Bonchev–Trinajstić information content (AvgIpc) is 3.02. The largest absolute Gasteiger partial charge is 0.359 e. The molecule has 0 saturated heterocycles. The van der Waals surface area contributed by atoms with E-state index in [-0.39, 0.29) is 12.3 Å². The zero-order chi connectivity index (χ0) is 10.8. The molecule has 1 aliphatic carbocycles. The molecular weight excluding hydrogens is 328 g/mol. The van der Waals surface area contributed by atoms with Gasteiger partial charge in [-0.15, -0.1) is 0 Å². The van der Waals surface area contributed by atoms with E-state index in [2.05, 4.69) is 37.0 Å². The Morgan fingerprint density at radius 2 is 2.27 bits per heavy atom. The highest BCUT2D eigenvalue weighted by Crippen LogP contribution is 2.28. The summed E-state index contributed by atoms with van der Waals surface area (Å²) in [5.41, 5.74) is -0.180. The summed E-state index contributed by atoms with van der Waals surface area (Å²) in [4.78, 5) is 11.6. The second-order valence-electron chi connectivity index (χ2n) is 3.55. The van der Waals surface area contributed by atoms with Gasteiger partial charge in [-0.2, -0.15) is 5.10 Å². The van der Waals surface area contributed by atoms with Crippen LogP contribution in [0.5, 0.6) is 0 Å². The van der Waals surface area contributed by atoms with Gasteiger partial charge in [0.25, 0.3) is 5.56 Å². The predicted molar refractivity (Wildman–Crippen MR) is 62.6 cm³/mol. The first-order valence-corrected chi connectivity index (χ1v) is 6.26. The van der Waals surface area contributed by atoms with E-state index in [0.717, 1.165) is 6.61 Å². The van der Waals surface area contributed by atoms with Gasteiger partial charge in [-0.25, -0.2) is 4.68 Å². The molecule has 6 heteroatoms. The highest BCUT2D eigenvalue weighted by Gasteiger charge is 2.21. The molecule has 0 bridgehead atoms. The Morgan fingerprint density at radius 1 is 1.53 bits per heavy atom. The summed E-state index contributed by atoms with van der Waals surface area (Å²) in [7, 11) is 0. The Bertz CT molecular complexity index is 415. The van der Waals surface area contributed by atoms with Crippen LogP contribution in [0.25, 0.3) is 0 Å². The third-order valence-electron chi connectivity index (χ3n) is 2.21. The smallest absolute Gasteiger partial charge is 0.284 e. The van der Waals surface area contributed by atoms with E-state index in [1.807, 2.05) is 0 Å². The summed E-state index contributed by atoms with van der Waals surface area (Å²) in [6.45, 7) is 0.947. The number of aromatic nitrogens is 2. The molecule has 1 heterocycles. The van der Waals surface area contributed by atoms with E-state index >= 15 is 0 Å². The topological polar surface area (TPSA) is 44.1 Å². The molecule has 4 nitrogen and oxygen atoms in total. The zero-order valence-electron chi connectivity index (χ0n) is 7.95. The number of ether oxygens (including phenoxy) is 1. The van der Waals surface area contributed by atoms with Gasteiger partial charge in [-0.05, 0) is 50.6 Å². The average molecular weight is 338 g/mol. The number of halogens is 2. The van der Waals surface area contributed by atoms with Crippen LogP contribution < -0.4 is 5.56 Å². The van der Waals surface area contributed by atoms with Crippen molar-refractivity contribution in [1.82, 2.24) is 9.78 Å². The maximum Gasteiger partial charge on any atom is 0.284 e. The molecular formula is C9H10Br2N2O2. The number of hydrogen-bond acceptors (Lipinski definition) is 3. The highest BCUT2D eigenvalue weighted by atomic mass is 79.9. The first kappa shape index (κ1) is 11.3. The second-order valence-corrected chi connectivity index (χ2v) is 5.20. The molecule has 2 rings (SSSR count). The van der Waals surface area contributed by atoms with Crippen LogP contribution in [0.4, 0.5) is 0 Å². The maximum absolute atomic E-state index is 11.6. The normalized spacial score (nSPS) is 15.6. The lowest BCUT2D eigenvalue weighted by Crippen LogP contribution is -2.25. The van der Waals surface area contributed by atoms with Crippen LogP contribution in [0.1, 0.15) is 12.8 Å². The summed E-state index contributed by atoms with van der Waals surface area (Å²) in [6, 6.07) is 0. The first-order chi connectivity index (χ1) is 7.18. The molecule has 0 unspecified atom stereocenters. The Kier molecular flexibility index (Phi) is 3.58. The maximum atomic E-state index is 11.6. The lowest BCUT2D eigenvalue weighted by Gasteiger charge is -2.06. The van der Waals surface area contributed by atoms with Crippen molar-refractivity contribution in [2.24, 2.45) is 5.92 Å². The van der Waals surface area contributed by atoms with Crippen LogP contribution in [0.15, 0.2) is 19.9 Å². The zero-order valence-corrected chi connectivity index (χ0v) is 11.1. The van der Waals surface area contributed by atoms with Gasteiger partial charge in [0.1, 0.15) is 11.2 Å². The van der Waals surface area contributed by atoms with Gasteiger partial charge in [0.05, 0.1) is 17.3 Å². The molecule has 1 aliphatic rings. The van der Waals surface area contributed by atoms with E-state index in [1.165, 1.54) is 17.5 Å². The molecule has 0 atom stereocenters. The minimum absolute atomic E-state index is 0.180. The SMILES string of the molecule is O=c1c(Br)c(Br)cnn1COCC1CC1. The van der Waals surface area contributed by atoms with Gasteiger partial charge in [0, 0.05) is 0 Å². The minimum Gasteiger partial charge on any atom is -0.359 e. The Balaban J connectivity index is 2.00. The van der Waals surface area contributed by atoms with Gasteiger partial charge in [-0.1, -0.05) is 0 Å². The molecule has 0 aliphatic heterocycles. The summed E-state index contributed by atoms with van der Waals surface area (Å²) in [6.07, 6.45) is 4.06. The summed E-state index contributed by atoms with van der Waals surface area (Å²) >= 11 is 6.41. The number of nitrogens with zero attached hydrogens (tertiary/aromatic N) is 2. The number of hydrogen-bond donors (Lipinski definition) is 0. The van der Waals surface area contributed by atoms with Crippen molar-refractivity contribution >= 4 is 31.9 Å². The molecule has 0 N–H and O–H groups in total. The molecule has 0 aromatic carbocycles. The van der Waals surface area contributed by atoms with Crippen molar-refractivity contribution in [2.45, 2.75) is 19.6 Å². The van der Waals surface area contributed by atoms with Crippen molar-refractivity contribution in [1.29, 1.82) is 0 Å². The molecule has 1 fully saturated rings. The molecule has 1 saturated carbocycles. The van der Waals surface area contributed by atoms with Crippen LogP contribution >= 0.6 is 31.9 Å². The molecule has 82 valence electrons. The van der Waals surface area contributed by atoms with Crippen LogP contribution in [0.3, 0.4) is 0 Å². The van der Waals surface area contributed by atoms with Crippen molar-refractivity contribution < 1.29 is 4.74 Å². The van der Waals surface area contributed by atoms with Gasteiger partial charge in [0.2, 0.25) is 0 Å². The van der Waals surface area contributed by atoms with Crippen LogP contribution in [0, 0.1) is 5.92 Å². The van der Waals surface area contributed by atoms with E-state index in [1.54, 1.807) is 6.20 Å². The fourth-order valence-electron chi connectivity index (χ4n) is 1.13. The Morgan fingerprint density at radius 3 is 2.93 bits per heavy atom. The lowest BCUT2D eigenvalue weighted by atomic mass is 10.5. The minimum atomic E-state index is -0.180. The van der Waals surface area contributed by atoms with Gasteiger partial charge < -0.3 is 4.74 Å². The van der Waals surface area contributed by atoms with Gasteiger partial charge >= 0.3 is 0 Å². The third kappa shape index (κ3) is 2.89. The fraction of sp³-hybridized carbons (Fsp3) is 0.556. The summed E-state index contributed by atoms with van der Waals surface area (Å²) in [5.74, 6) is 0.694. The van der Waals surface area contributed by atoms with Crippen LogP contribution in [0.2, 0.25) is 0 Å². The summed E-state index contributed by atoms with van der Waals surface area (Å²) < 4.78 is 7.82. The molecule has 0 radical (unpaired) electrons. The lowest BCUT2D eigenvalue weighted by molar-refractivity contribution is 0.0577. The quantitative estimate of drug-likeness (QED) is 0.845. The van der Waals surface area contributed by atoms with Gasteiger partial charge in [0.15, 0.2) is 0 Å². The van der Waals surface area contributed by atoms with E-state index in [4.69, 9.17) is 4.74 Å². The van der Waals surface area contributed by atoms with Crippen molar-refractivity contribution in [3.63, 3.8) is 0 Å². The predicted octanol–water partition coefficient (Wildman–Crippen LogP) is 2.15. The van der Waals surface area contributed by atoms with Crippen LogP contribution in [-0.4, -0.2) is 16.4 Å². The Hall–Kier alpha value is -0.200. The standard InChI is InChI=1S/C9H10Br2N2O2/c10-7-3-12-13(9(14)8(7)11)5-15-4-6-1-2-6/h3,6H,1-2,4-5H2. The molecule has 0 amide bonds. The van der Waals surface area contributed by atoms with Crippen molar-refractivity contribution in [3.8, 4) is 0 Å². The first-order valence-electron chi connectivity index (χ1n) is 4.67.